The first kappa shape index (κ1) is 16.3. The minimum atomic E-state index is -0.651. The van der Waals surface area contributed by atoms with E-state index in [0.717, 1.165) is 6.07 Å². The molecule has 2 aromatic rings. The lowest BCUT2D eigenvalue weighted by Gasteiger charge is -2.13. The molecule has 0 saturated carbocycles. The Labute approximate surface area is 131 Å². The zero-order valence-corrected chi connectivity index (χ0v) is 12.8. The summed E-state index contributed by atoms with van der Waals surface area (Å²) in [6, 6.07) is 6.59. The summed E-state index contributed by atoms with van der Waals surface area (Å²) in [4.78, 5) is 35.7. The smallest absolute Gasteiger partial charge is 0.337 e. The van der Waals surface area contributed by atoms with Gasteiger partial charge in [-0.15, -0.1) is 0 Å². The van der Waals surface area contributed by atoms with Crippen LogP contribution in [0, 0.1) is 6.92 Å². The summed E-state index contributed by atoms with van der Waals surface area (Å²) in [5.74, 6) is -1.47. The first-order valence-corrected chi connectivity index (χ1v) is 6.62. The molecule has 0 fully saturated rings. The van der Waals surface area contributed by atoms with Crippen LogP contribution in [0.25, 0.3) is 5.69 Å². The highest BCUT2D eigenvalue weighted by molar-refractivity contribution is 5.96. The number of carbonyl (C=O) groups is 2. The van der Waals surface area contributed by atoms with E-state index >= 15 is 0 Å². The van der Waals surface area contributed by atoms with Crippen LogP contribution in [-0.2, 0) is 9.47 Å². The minimum Gasteiger partial charge on any atom is -0.508 e. The Hall–Kier alpha value is -3.09. The second kappa shape index (κ2) is 6.35. The molecule has 0 bridgehead atoms. The molecule has 0 aliphatic heterocycles. The largest absolute Gasteiger partial charge is 0.508 e. The molecule has 0 aliphatic rings. The van der Waals surface area contributed by atoms with E-state index < -0.39 is 17.5 Å². The number of aromatic hydroxyl groups is 1. The molecule has 1 heterocycles. The molecule has 23 heavy (non-hydrogen) atoms. The molecule has 0 spiro atoms. The lowest BCUT2D eigenvalue weighted by molar-refractivity contribution is 0.0599. The highest BCUT2D eigenvalue weighted by atomic mass is 16.5. The summed E-state index contributed by atoms with van der Waals surface area (Å²) in [5, 5.41) is 9.47. The maximum absolute atomic E-state index is 12.1. The Kier molecular flexibility index (Phi) is 4.49. The Morgan fingerprint density at radius 2 is 1.48 bits per heavy atom. The van der Waals surface area contributed by atoms with Gasteiger partial charge in [-0.3, -0.25) is 9.36 Å². The normalized spacial score (nSPS) is 10.2. The zero-order chi connectivity index (χ0) is 17.1. The Morgan fingerprint density at radius 3 is 1.91 bits per heavy atom. The molecule has 1 aromatic heterocycles. The first-order chi connectivity index (χ1) is 10.9. The van der Waals surface area contributed by atoms with Crippen LogP contribution < -0.4 is 5.56 Å². The van der Waals surface area contributed by atoms with Crippen molar-refractivity contribution in [3.63, 3.8) is 0 Å². The minimum absolute atomic E-state index is 0.102. The number of methoxy groups -OCH3 is 2. The molecule has 0 saturated heterocycles. The van der Waals surface area contributed by atoms with Crippen LogP contribution in [0.15, 0.2) is 35.1 Å². The van der Waals surface area contributed by atoms with E-state index in [2.05, 4.69) is 9.47 Å². The highest BCUT2D eigenvalue weighted by Gasteiger charge is 2.16. The van der Waals surface area contributed by atoms with Crippen molar-refractivity contribution in [1.82, 2.24) is 4.57 Å². The number of ether oxygens (including phenoxy) is 2. The summed E-state index contributed by atoms with van der Waals surface area (Å²) >= 11 is 0. The molecule has 7 nitrogen and oxygen atoms in total. The van der Waals surface area contributed by atoms with Crippen molar-refractivity contribution in [3.8, 4) is 11.4 Å². The predicted octanol–water partition coefficient (Wildman–Crippen LogP) is 1.42. The lowest BCUT2D eigenvalue weighted by atomic mass is 10.1. The van der Waals surface area contributed by atoms with Crippen molar-refractivity contribution < 1.29 is 24.2 Å². The first-order valence-electron chi connectivity index (χ1n) is 6.62. The molecule has 0 aliphatic carbocycles. The van der Waals surface area contributed by atoms with E-state index in [9.17, 15) is 19.5 Å². The fourth-order valence-corrected chi connectivity index (χ4v) is 2.23. The molecule has 7 heteroatoms. The van der Waals surface area contributed by atoms with E-state index in [1.165, 1.54) is 43.1 Å². The average Bonchev–Trinajstić information content (AvgIpc) is 2.52. The van der Waals surface area contributed by atoms with Crippen LogP contribution >= 0.6 is 0 Å². The van der Waals surface area contributed by atoms with Crippen molar-refractivity contribution in [2.45, 2.75) is 6.92 Å². The van der Waals surface area contributed by atoms with Crippen LogP contribution in [0.3, 0.4) is 0 Å². The third-order valence-corrected chi connectivity index (χ3v) is 3.22. The number of hydrogen-bond donors (Lipinski definition) is 1. The van der Waals surface area contributed by atoms with Gasteiger partial charge in [0.2, 0.25) is 0 Å². The second-order valence-corrected chi connectivity index (χ2v) is 4.78. The highest BCUT2D eigenvalue weighted by Crippen LogP contribution is 2.18. The van der Waals surface area contributed by atoms with Gasteiger partial charge in [-0.25, -0.2) is 9.59 Å². The van der Waals surface area contributed by atoms with Crippen LogP contribution in [0.2, 0.25) is 0 Å². The van der Waals surface area contributed by atoms with E-state index in [1.54, 1.807) is 6.92 Å². The number of hydrogen-bond acceptors (Lipinski definition) is 6. The average molecular weight is 317 g/mol. The Balaban J connectivity index is 2.74. The lowest BCUT2D eigenvalue weighted by Crippen LogP contribution is -2.20. The Bertz CT molecular complexity index is 803. The van der Waals surface area contributed by atoms with Crippen molar-refractivity contribution in [2.24, 2.45) is 0 Å². The van der Waals surface area contributed by atoms with Gasteiger partial charge in [-0.2, -0.15) is 0 Å². The van der Waals surface area contributed by atoms with Gasteiger partial charge in [0.05, 0.1) is 31.0 Å². The summed E-state index contributed by atoms with van der Waals surface area (Å²) in [6.07, 6.45) is 0. The van der Waals surface area contributed by atoms with E-state index in [1.807, 2.05) is 0 Å². The topological polar surface area (TPSA) is 94.8 Å². The number of esters is 2. The third kappa shape index (κ3) is 3.23. The maximum Gasteiger partial charge on any atom is 0.337 e. The van der Waals surface area contributed by atoms with Gasteiger partial charge in [0, 0.05) is 11.8 Å². The van der Waals surface area contributed by atoms with Crippen LogP contribution in [0.4, 0.5) is 0 Å². The number of pyridine rings is 1. The molecular weight excluding hydrogens is 302 g/mol. The molecule has 1 aromatic carbocycles. The standard InChI is InChI=1S/C16H15NO6/c1-9-4-13(18)8-14(19)17(9)12-6-10(15(20)22-2)5-11(7-12)16(21)23-3/h4-8,18H,1-3H3. The fraction of sp³-hybridized carbons (Fsp3) is 0.188. The van der Waals surface area contributed by atoms with Gasteiger partial charge in [0.15, 0.2) is 0 Å². The SMILES string of the molecule is COC(=O)c1cc(C(=O)OC)cc(-n2c(C)cc(O)cc2=O)c1. The summed E-state index contributed by atoms with van der Waals surface area (Å²) in [7, 11) is 2.43. The third-order valence-electron chi connectivity index (χ3n) is 3.22. The number of nitrogens with zero attached hydrogens (tertiary/aromatic N) is 1. The summed E-state index contributed by atoms with van der Waals surface area (Å²) < 4.78 is 10.6. The second-order valence-electron chi connectivity index (χ2n) is 4.78. The van der Waals surface area contributed by atoms with Crippen molar-refractivity contribution in [2.75, 3.05) is 14.2 Å². The number of aromatic nitrogens is 1. The van der Waals surface area contributed by atoms with Gasteiger partial charge in [0.1, 0.15) is 5.75 Å². The molecule has 0 unspecified atom stereocenters. The maximum atomic E-state index is 12.1. The van der Waals surface area contributed by atoms with Crippen LogP contribution in [0.5, 0.6) is 5.75 Å². The number of aryl methyl sites for hydroxylation is 1. The van der Waals surface area contributed by atoms with Crippen LogP contribution in [-0.4, -0.2) is 35.8 Å². The van der Waals surface area contributed by atoms with E-state index in [0.29, 0.717) is 5.69 Å². The molecule has 120 valence electrons. The van der Waals surface area contributed by atoms with Gasteiger partial charge >= 0.3 is 11.9 Å². The molecule has 0 amide bonds. The molecule has 1 N–H and O–H groups in total. The van der Waals surface area contributed by atoms with Gasteiger partial charge in [0.25, 0.3) is 5.56 Å². The van der Waals surface area contributed by atoms with E-state index in [-0.39, 0.29) is 22.6 Å². The monoisotopic (exact) mass is 317 g/mol. The zero-order valence-electron chi connectivity index (χ0n) is 12.8. The van der Waals surface area contributed by atoms with Crippen LogP contribution in [0.1, 0.15) is 26.4 Å². The van der Waals surface area contributed by atoms with Crippen molar-refractivity contribution >= 4 is 11.9 Å². The van der Waals surface area contributed by atoms with Gasteiger partial charge < -0.3 is 14.6 Å². The summed E-state index contributed by atoms with van der Waals surface area (Å²) in [5.41, 5.74) is 0.429. The van der Waals surface area contributed by atoms with Gasteiger partial charge in [-0.05, 0) is 31.2 Å². The predicted molar refractivity (Wildman–Crippen MR) is 81.1 cm³/mol. The quantitative estimate of drug-likeness (QED) is 0.860. The molecular formula is C16H15NO6. The Morgan fingerprint density at radius 1 is 0.957 bits per heavy atom. The fourth-order valence-electron chi connectivity index (χ4n) is 2.23. The number of benzene rings is 1. The number of carbonyl (C=O) groups excluding carboxylic acids is 2. The molecule has 2 rings (SSSR count). The van der Waals surface area contributed by atoms with Crippen molar-refractivity contribution in [1.29, 1.82) is 0 Å². The molecule has 0 radical (unpaired) electrons. The molecule has 0 atom stereocenters. The number of rotatable bonds is 3. The van der Waals surface area contributed by atoms with Gasteiger partial charge in [-0.1, -0.05) is 0 Å². The van der Waals surface area contributed by atoms with Crippen molar-refractivity contribution in [3.05, 3.63) is 57.5 Å². The van der Waals surface area contributed by atoms with E-state index in [4.69, 9.17) is 0 Å². The summed E-state index contributed by atoms with van der Waals surface area (Å²) in [6.45, 7) is 1.61.